The fourth-order valence-corrected chi connectivity index (χ4v) is 4.75. The van der Waals surface area contributed by atoms with Crippen LogP contribution in [0.4, 0.5) is 0 Å². The number of amides is 1. The smallest absolute Gasteiger partial charge is 0.228 e. The molecule has 2 saturated carbocycles. The highest BCUT2D eigenvalue weighted by Crippen LogP contribution is 2.45. The zero-order valence-corrected chi connectivity index (χ0v) is 13.2. The number of benzene rings is 1. The number of carbonyl (C=O) groups is 1. The average molecular weight is 298 g/mol. The first-order chi connectivity index (χ1) is 10.8. The summed E-state index contributed by atoms with van der Waals surface area (Å²) >= 11 is 0. The van der Waals surface area contributed by atoms with Crippen LogP contribution in [0.15, 0.2) is 30.3 Å². The van der Waals surface area contributed by atoms with Crippen molar-refractivity contribution >= 4 is 5.91 Å². The molecule has 2 N–H and O–H groups in total. The van der Waals surface area contributed by atoms with Crippen LogP contribution in [0.1, 0.15) is 50.0 Å². The minimum atomic E-state index is -0.101. The van der Waals surface area contributed by atoms with Gasteiger partial charge < -0.3 is 10.6 Å². The van der Waals surface area contributed by atoms with E-state index in [0.29, 0.717) is 23.8 Å². The monoisotopic (exact) mass is 298 g/mol. The third kappa shape index (κ3) is 2.36. The van der Waals surface area contributed by atoms with Crippen molar-refractivity contribution in [1.29, 1.82) is 0 Å². The maximum Gasteiger partial charge on any atom is 0.228 e. The number of rotatable bonds is 3. The number of fused-ring (bicyclic) bond motifs is 1. The van der Waals surface area contributed by atoms with E-state index >= 15 is 0 Å². The molecular formula is C19H26N2O. The van der Waals surface area contributed by atoms with Gasteiger partial charge in [0.05, 0.1) is 5.41 Å². The quantitative estimate of drug-likeness (QED) is 0.901. The lowest BCUT2D eigenvalue weighted by atomic mass is 9.67. The molecule has 3 aliphatic rings. The molecule has 2 aliphatic carbocycles. The molecule has 22 heavy (non-hydrogen) atoms. The highest BCUT2D eigenvalue weighted by atomic mass is 16.2. The van der Waals surface area contributed by atoms with E-state index in [-0.39, 0.29) is 5.41 Å². The van der Waals surface area contributed by atoms with E-state index in [1.54, 1.807) is 0 Å². The second-order valence-electron chi connectivity index (χ2n) is 7.48. The van der Waals surface area contributed by atoms with E-state index in [4.69, 9.17) is 0 Å². The average Bonchev–Trinajstić information content (AvgIpc) is 2.96. The van der Waals surface area contributed by atoms with Gasteiger partial charge in [0.25, 0.3) is 0 Å². The lowest BCUT2D eigenvalue weighted by Gasteiger charge is -2.42. The molecule has 0 bridgehead atoms. The minimum Gasteiger partial charge on any atom is -0.353 e. The Bertz CT molecular complexity index is 538. The molecule has 118 valence electrons. The van der Waals surface area contributed by atoms with E-state index in [1.807, 2.05) is 0 Å². The molecule has 0 unspecified atom stereocenters. The Morgan fingerprint density at radius 2 is 2.00 bits per heavy atom. The molecule has 1 amide bonds. The molecule has 0 aromatic heterocycles. The van der Waals surface area contributed by atoms with Crippen LogP contribution < -0.4 is 10.6 Å². The Morgan fingerprint density at radius 3 is 2.82 bits per heavy atom. The highest BCUT2D eigenvalue weighted by Gasteiger charge is 2.50. The van der Waals surface area contributed by atoms with Crippen molar-refractivity contribution in [3.63, 3.8) is 0 Å². The van der Waals surface area contributed by atoms with E-state index in [2.05, 4.69) is 41.0 Å². The number of nitrogens with one attached hydrogen (secondary N) is 2. The van der Waals surface area contributed by atoms with Crippen LogP contribution in [0.2, 0.25) is 0 Å². The van der Waals surface area contributed by atoms with Crippen LogP contribution in [0, 0.1) is 11.3 Å². The third-order valence-electron chi connectivity index (χ3n) is 6.23. The standard InChI is InChI=1S/C19H26N2O/c22-18(19-9-5-4-8-16(19)12-20-13-19)21-17-10-15(11-17)14-6-2-1-3-7-14/h1-3,6-7,15-17,20H,4-5,8-13H2,(H,21,22)/t15?,16-,17?,19+/m0/s1. The van der Waals surface area contributed by atoms with Gasteiger partial charge in [-0.05, 0) is 49.6 Å². The topological polar surface area (TPSA) is 41.1 Å². The normalized spacial score (nSPS) is 37.2. The molecular weight excluding hydrogens is 272 g/mol. The van der Waals surface area contributed by atoms with Crippen LogP contribution in [-0.2, 0) is 4.79 Å². The molecule has 1 aliphatic heterocycles. The van der Waals surface area contributed by atoms with Crippen LogP contribution in [0.5, 0.6) is 0 Å². The zero-order chi connectivity index (χ0) is 15.0. The fourth-order valence-electron chi connectivity index (χ4n) is 4.75. The van der Waals surface area contributed by atoms with Crippen molar-refractivity contribution in [1.82, 2.24) is 10.6 Å². The van der Waals surface area contributed by atoms with Crippen LogP contribution >= 0.6 is 0 Å². The lowest BCUT2D eigenvalue weighted by molar-refractivity contribution is -0.135. The first-order valence-electron chi connectivity index (χ1n) is 8.84. The van der Waals surface area contributed by atoms with Gasteiger partial charge in [-0.25, -0.2) is 0 Å². The Hall–Kier alpha value is -1.35. The van der Waals surface area contributed by atoms with Crippen LogP contribution in [0.25, 0.3) is 0 Å². The Kier molecular flexibility index (Phi) is 3.69. The summed E-state index contributed by atoms with van der Waals surface area (Å²) in [6.45, 7) is 1.92. The van der Waals surface area contributed by atoms with Gasteiger partial charge >= 0.3 is 0 Å². The van der Waals surface area contributed by atoms with Crippen molar-refractivity contribution < 1.29 is 4.79 Å². The lowest BCUT2D eigenvalue weighted by Crippen LogP contribution is -2.53. The van der Waals surface area contributed by atoms with E-state index in [9.17, 15) is 4.79 Å². The van der Waals surface area contributed by atoms with Gasteiger partial charge in [-0.3, -0.25) is 4.79 Å². The molecule has 1 aromatic rings. The summed E-state index contributed by atoms with van der Waals surface area (Å²) in [5.74, 6) is 1.53. The van der Waals surface area contributed by atoms with Gasteiger partial charge in [-0.2, -0.15) is 0 Å². The first-order valence-corrected chi connectivity index (χ1v) is 8.84. The molecule has 4 rings (SSSR count). The van der Waals surface area contributed by atoms with Gasteiger partial charge in [0.15, 0.2) is 0 Å². The summed E-state index contributed by atoms with van der Waals surface area (Å²) in [6.07, 6.45) is 7.00. The second-order valence-corrected chi connectivity index (χ2v) is 7.48. The van der Waals surface area contributed by atoms with Crippen molar-refractivity contribution in [3.05, 3.63) is 35.9 Å². The largest absolute Gasteiger partial charge is 0.353 e. The Balaban J connectivity index is 1.36. The van der Waals surface area contributed by atoms with Crippen molar-refractivity contribution in [2.45, 2.75) is 50.5 Å². The molecule has 1 aromatic carbocycles. The summed E-state index contributed by atoms with van der Waals surface area (Å²) in [6, 6.07) is 11.1. The van der Waals surface area contributed by atoms with E-state index < -0.39 is 0 Å². The van der Waals surface area contributed by atoms with Crippen molar-refractivity contribution in [2.24, 2.45) is 11.3 Å². The SMILES string of the molecule is O=C(NC1CC(c2ccccc2)C1)[C@@]12CCCC[C@H]1CNC2. The summed E-state index contributed by atoms with van der Waals surface area (Å²) in [7, 11) is 0. The van der Waals surface area contributed by atoms with E-state index in [1.165, 1.54) is 24.8 Å². The Labute approximate surface area is 132 Å². The number of hydrogen-bond donors (Lipinski definition) is 2. The van der Waals surface area contributed by atoms with Crippen molar-refractivity contribution in [2.75, 3.05) is 13.1 Å². The van der Waals surface area contributed by atoms with Crippen molar-refractivity contribution in [3.8, 4) is 0 Å². The molecule has 3 fully saturated rings. The molecule has 2 atom stereocenters. The maximum atomic E-state index is 12.9. The Morgan fingerprint density at radius 1 is 1.18 bits per heavy atom. The molecule has 0 radical (unpaired) electrons. The highest BCUT2D eigenvalue weighted by molar-refractivity contribution is 5.84. The predicted octanol–water partition coefficient (Wildman–Crippen LogP) is 2.83. The minimum absolute atomic E-state index is 0.101. The van der Waals surface area contributed by atoms with Gasteiger partial charge in [0, 0.05) is 12.6 Å². The predicted molar refractivity (Wildman–Crippen MR) is 87.6 cm³/mol. The molecule has 3 heteroatoms. The van der Waals surface area contributed by atoms with Crippen LogP contribution in [-0.4, -0.2) is 25.0 Å². The zero-order valence-electron chi connectivity index (χ0n) is 13.2. The molecule has 1 saturated heterocycles. The first kappa shape index (κ1) is 14.3. The number of hydrogen-bond acceptors (Lipinski definition) is 2. The van der Waals surface area contributed by atoms with Gasteiger partial charge in [0.1, 0.15) is 0 Å². The summed E-state index contributed by atoms with van der Waals surface area (Å²) in [5.41, 5.74) is 1.32. The van der Waals surface area contributed by atoms with Gasteiger partial charge in [-0.15, -0.1) is 0 Å². The third-order valence-corrected chi connectivity index (χ3v) is 6.23. The van der Waals surface area contributed by atoms with Crippen LogP contribution in [0.3, 0.4) is 0 Å². The summed E-state index contributed by atoms with van der Waals surface area (Å²) in [5, 5.41) is 6.84. The molecule has 3 nitrogen and oxygen atoms in total. The van der Waals surface area contributed by atoms with Gasteiger partial charge in [-0.1, -0.05) is 43.2 Å². The molecule has 0 spiro atoms. The fraction of sp³-hybridized carbons (Fsp3) is 0.632. The number of carbonyl (C=O) groups excluding carboxylic acids is 1. The summed E-state index contributed by atoms with van der Waals surface area (Å²) < 4.78 is 0. The summed E-state index contributed by atoms with van der Waals surface area (Å²) in [4.78, 5) is 12.9. The maximum absolute atomic E-state index is 12.9. The molecule has 1 heterocycles. The van der Waals surface area contributed by atoms with E-state index in [0.717, 1.165) is 32.4 Å². The van der Waals surface area contributed by atoms with Gasteiger partial charge in [0.2, 0.25) is 5.91 Å². The second kappa shape index (κ2) is 5.69.